The Morgan fingerprint density at radius 3 is 2.53 bits per heavy atom. The molecule has 0 atom stereocenters. The van der Waals surface area contributed by atoms with Gasteiger partial charge in [0.05, 0.1) is 17.6 Å². The van der Waals surface area contributed by atoms with Gasteiger partial charge >= 0.3 is 0 Å². The van der Waals surface area contributed by atoms with Gasteiger partial charge in [0.25, 0.3) is 0 Å². The summed E-state index contributed by atoms with van der Waals surface area (Å²) in [7, 11) is -3.06. The minimum absolute atomic E-state index is 0.258. The zero-order valence-corrected chi connectivity index (χ0v) is 12.1. The smallest absolute Gasteiger partial charge is 0.211 e. The Morgan fingerprint density at radius 2 is 2.00 bits per heavy atom. The van der Waals surface area contributed by atoms with Crippen LogP contribution in [-0.2, 0) is 10.0 Å². The van der Waals surface area contributed by atoms with Crippen molar-refractivity contribution in [2.45, 2.75) is 25.8 Å². The van der Waals surface area contributed by atoms with Crippen LogP contribution >= 0.6 is 0 Å². The van der Waals surface area contributed by atoms with Gasteiger partial charge in [0.15, 0.2) is 0 Å². The zero-order chi connectivity index (χ0) is 14.0. The highest BCUT2D eigenvalue weighted by Crippen LogP contribution is 2.18. The number of hydrogen-bond donors (Lipinski definition) is 2. The fourth-order valence-electron chi connectivity index (χ4n) is 2.19. The third-order valence-electron chi connectivity index (χ3n) is 3.40. The number of nitrogens with zero attached hydrogens (tertiary/aromatic N) is 2. The Bertz CT molecular complexity index is 551. The topological polar surface area (TPSA) is 88.3 Å². The monoisotopic (exact) mass is 284 g/mol. The highest BCUT2D eigenvalue weighted by molar-refractivity contribution is 7.88. The van der Waals surface area contributed by atoms with Gasteiger partial charge in [-0.2, -0.15) is 0 Å². The van der Waals surface area contributed by atoms with Gasteiger partial charge in [0.2, 0.25) is 10.0 Å². The number of hydrogen-bond acceptors (Lipinski definition) is 5. The van der Waals surface area contributed by atoms with Gasteiger partial charge in [-0.3, -0.25) is 0 Å². The summed E-state index contributed by atoms with van der Waals surface area (Å²) in [5.41, 5.74) is 7.21. The Kier molecular flexibility index (Phi) is 3.96. The number of piperidine rings is 1. The molecule has 3 N–H and O–H groups in total. The molecule has 2 rings (SSSR count). The molecular formula is C12H20N4O2S. The Balaban J connectivity index is 1.94. The van der Waals surface area contributed by atoms with Gasteiger partial charge in [-0.15, -0.1) is 0 Å². The molecule has 0 spiro atoms. The van der Waals surface area contributed by atoms with Gasteiger partial charge in [-0.25, -0.2) is 17.7 Å². The van der Waals surface area contributed by atoms with Crippen LogP contribution in [0.25, 0.3) is 0 Å². The molecule has 7 heteroatoms. The number of sulfonamides is 1. The minimum atomic E-state index is -3.06. The number of pyridine rings is 1. The summed E-state index contributed by atoms with van der Waals surface area (Å²) in [5, 5.41) is 3.33. The molecule has 1 aliphatic heterocycles. The van der Waals surface area contributed by atoms with Crippen molar-refractivity contribution in [3.8, 4) is 0 Å². The summed E-state index contributed by atoms with van der Waals surface area (Å²) in [5.74, 6) is 0.796. The highest BCUT2D eigenvalue weighted by Gasteiger charge is 2.24. The van der Waals surface area contributed by atoms with Crippen LogP contribution in [0.3, 0.4) is 0 Å². The SMILES string of the molecule is Cc1nc(NC2CCN(S(C)(=O)=O)CC2)ccc1N. The molecule has 19 heavy (non-hydrogen) atoms. The lowest BCUT2D eigenvalue weighted by atomic mass is 10.1. The molecule has 6 nitrogen and oxygen atoms in total. The lowest BCUT2D eigenvalue weighted by Crippen LogP contribution is -2.41. The van der Waals surface area contributed by atoms with Crippen molar-refractivity contribution in [2.75, 3.05) is 30.4 Å². The van der Waals surface area contributed by atoms with E-state index in [4.69, 9.17) is 5.73 Å². The van der Waals surface area contributed by atoms with Crippen LogP contribution in [-0.4, -0.2) is 43.1 Å². The first kappa shape index (κ1) is 14.1. The second-order valence-corrected chi connectivity index (χ2v) is 6.93. The Morgan fingerprint density at radius 1 is 1.37 bits per heavy atom. The van der Waals surface area contributed by atoms with Crippen molar-refractivity contribution in [3.63, 3.8) is 0 Å². The summed E-state index contributed by atoms with van der Waals surface area (Å²) in [6, 6.07) is 3.94. The number of nitrogens with one attached hydrogen (secondary N) is 1. The van der Waals surface area contributed by atoms with Gasteiger partial charge in [-0.05, 0) is 31.9 Å². The molecular weight excluding hydrogens is 264 g/mol. The number of aryl methyl sites for hydroxylation is 1. The fraction of sp³-hybridized carbons (Fsp3) is 0.583. The lowest BCUT2D eigenvalue weighted by Gasteiger charge is -2.31. The van der Waals surface area contributed by atoms with Crippen LogP contribution in [0.5, 0.6) is 0 Å². The van der Waals surface area contributed by atoms with Crippen LogP contribution in [0.15, 0.2) is 12.1 Å². The molecule has 1 aliphatic rings. The maximum atomic E-state index is 11.4. The molecule has 106 valence electrons. The van der Waals surface area contributed by atoms with Gasteiger partial charge < -0.3 is 11.1 Å². The molecule has 0 aliphatic carbocycles. The maximum absolute atomic E-state index is 11.4. The minimum Gasteiger partial charge on any atom is -0.397 e. The standard InChI is InChI=1S/C12H20N4O2S/c1-9-11(13)3-4-12(14-9)15-10-5-7-16(8-6-10)19(2,17)18/h3-4,10H,5-8,13H2,1-2H3,(H,14,15). The normalized spacial score (nSPS) is 18.4. The molecule has 0 amide bonds. The first-order valence-electron chi connectivity index (χ1n) is 6.31. The van der Waals surface area contributed by atoms with E-state index in [-0.39, 0.29) is 6.04 Å². The molecule has 0 aromatic carbocycles. The average molecular weight is 284 g/mol. The van der Waals surface area contributed by atoms with Crippen LogP contribution in [0, 0.1) is 6.92 Å². The van der Waals surface area contributed by atoms with E-state index >= 15 is 0 Å². The van der Waals surface area contributed by atoms with E-state index in [1.165, 1.54) is 10.6 Å². The van der Waals surface area contributed by atoms with E-state index < -0.39 is 10.0 Å². The molecule has 1 aromatic heterocycles. The largest absolute Gasteiger partial charge is 0.397 e. The van der Waals surface area contributed by atoms with Crippen molar-refractivity contribution in [3.05, 3.63) is 17.8 Å². The molecule has 1 saturated heterocycles. The number of anilines is 2. The Labute approximate surface area is 114 Å². The van der Waals surface area contributed by atoms with Crippen LogP contribution in [0.4, 0.5) is 11.5 Å². The summed E-state index contributed by atoms with van der Waals surface area (Å²) >= 11 is 0. The maximum Gasteiger partial charge on any atom is 0.211 e. The zero-order valence-electron chi connectivity index (χ0n) is 11.3. The molecule has 0 unspecified atom stereocenters. The average Bonchev–Trinajstić information content (AvgIpc) is 2.33. The quantitative estimate of drug-likeness (QED) is 0.857. The van der Waals surface area contributed by atoms with Gasteiger partial charge in [-0.1, -0.05) is 0 Å². The summed E-state index contributed by atoms with van der Waals surface area (Å²) in [6.45, 7) is 2.99. The number of nitrogen functional groups attached to an aromatic ring is 1. The predicted octanol–water partition coefficient (Wildman–Crippen LogP) is 0.808. The summed E-state index contributed by atoms with van der Waals surface area (Å²) in [4.78, 5) is 4.37. The lowest BCUT2D eigenvalue weighted by molar-refractivity contribution is 0.331. The first-order valence-corrected chi connectivity index (χ1v) is 8.16. The molecule has 1 fully saturated rings. The summed E-state index contributed by atoms with van der Waals surface area (Å²) < 4.78 is 24.3. The molecule has 0 saturated carbocycles. The molecule has 1 aromatic rings. The fourth-order valence-corrected chi connectivity index (χ4v) is 3.07. The van der Waals surface area contributed by atoms with E-state index in [0.29, 0.717) is 18.8 Å². The van der Waals surface area contributed by atoms with Crippen LogP contribution < -0.4 is 11.1 Å². The van der Waals surface area contributed by atoms with E-state index in [0.717, 1.165) is 24.4 Å². The van der Waals surface area contributed by atoms with Crippen molar-refractivity contribution >= 4 is 21.5 Å². The predicted molar refractivity (Wildman–Crippen MR) is 76.4 cm³/mol. The molecule has 2 heterocycles. The number of nitrogens with two attached hydrogens (primary N) is 1. The van der Waals surface area contributed by atoms with E-state index in [1.54, 1.807) is 0 Å². The second-order valence-electron chi connectivity index (χ2n) is 4.95. The third kappa shape index (κ3) is 3.57. The Hall–Kier alpha value is -1.34. The summed E-state index contributed by atoms with van der Waals surface area (Å²) in [6.07, 6.45) is 2.84. The van der Waals surface area contributed by atoms with E-state index in [2.05, 4.69) is 10.3 Å². The van der Waals surface area contributed by atoms with Crippen molar-refractivity contribution in [1.29, 1.82) is 0 Å². The second kappa shape index (κ2) is 5.34. The third-order valence-corrected chi connectivity index (χ3v) is 4.70. The molecule has 0 bridgehead atoms. The first-order chi connectivity index (χ1) is 8.86. The van der Waals surface area contributed by atoms with Crippen molar-refractivity contribution in [1.82, 2.24) is 9.29 Å². The van der Waals surface area contributed by atoms with Crippen LogP contribution in [0.1, 0.15) is 18.5 Å². The van der Waals surface area contributed by atoms with Crippen molar-refractivity contribution < 1.29 is 8.42 Å². The van der Waals surface area contributed by atoms with E-state index in [1.807, 2.05) is 19.1 Å². The van der Waals surface area contributed by atoms with Crippen molar-refractivity contribution in [2.24, 2.45) is 0 Å². The van der Waals surface area contributed by atoms with Crippen LogP contribution in [0.2, 0.25) is 0 Å². The van der Waals surface area contributed by atoms with Gasteiger partial charge in [0, 0.05) is 19.1 Å². The van der Waals surface area contributed by atoms with Gasteiger partial charge in [0.1, 0.15) is 5.82 Å². The van der Waals surface area contributed by atoms with E-state index in [9.17, 15) is 8.42 Å². The number of rotatable bonds is 3. The highest BCUT2D eigenvalue weighted by atomic mass is 32.2. The molecule has 0 radical (unpaired) electrons. The number of aromatic nitrogens is 1.